The maximum Gasteiger partial charge on any atom is 0.176 e. The molecule has 2 aromatic rings. The van der Waals surface area contributed by atoms with Crippen LogP contribution in [0.25, 0.3) is 0 Å². The van der Waals surface area contributed by atoms with E-state index in [1.54, 1.807) is 28.4 Å². The highest BCUT2D eigenvalue weighted by atomic mass is 79.9. The largest absolute Gasteiger partial charge is 0.493 e. The van der Waals surface area contributed by atoms with Gasteiger partial charge >= 0.3 is 0 Å². The lowest BCUT2D eigenvalue weighted by Gasteiger charge is -2.16. The van der Waals surface area contributed by atoms with Crippen molar-refractivity contribution < 1.29 is 18.9 Å². The van der Waals surface area contributed by atoms with E-state index in [0.717, 1.165) is 25.8 Å². The van der Waals surface area contributed by atoms with Crippen LogP contribution in [0.2, 0.25) is 0 Å². The summed E-state index contributed by atoms with van der Waals surface area (Å²) >= 11 is 7.17. The molecule has 0 N–H and O–H groups in total. The number of halogens is 2. The minimum absolute atomic E-state index is 0.653. The predicted octanol–water partition coefficient (Wildman–Crippen LogP) is 4.84. The smallest absolute Gasteiger partial charge is 0.176 e. The van der Waals surface area contributed by atoms with Crippen LogP contribution in [0.1, 0.15) is 11.1 Å². The maximum atomic E-state index is 5.50. The van der Waals surface area contributed by atoms with Gasteiger partial charge in [-0.25, -0.2) is 0 Å². The normalized spacial score (nSPS) is 10.3. The van der Waals surface area contributed by atoms with Crippen molar-refractivity contribution in [3.05, 3.63) is 44.3 Å². The highest BCUT2D eigenvalue weighted by Crippen LogP contribution is 2.44. The summed E-state index contributed by atoms with van der Waals surface area (Å²) < 4.78 is 23.4. The molecule has 2 rings (SSSR count). The SMILES string of the molecule is COc1cccc(Cc2cc(OC)c(OC)c(Br)c2Br)c1OC. The van der Waals surface area contributed by atoms with E-state index in [2.05, 4.69) is 31.9 Å². The van der Waals surface area contributed by atoms with Crippen LogP contribution >= 0.6 is 31.9 Å². The molecule has 23 heavy (non-hydrogen) atoms. The summed E-state index contributed by atoms with van der Waals surface area (Å²) in [6, 6.07) is 7.79. The second kappa shape index (κ2) is 7.93. The van der Waals surface area contributed by atoms with E-state index in [1.807, 2.05) is 24.3 Å². The maximum absolute atomic E-state index is 5.50. The van der Waals surface area contributed by atoms with E-state index in [4.69, 9.17) is 18.9 Å². The van der Waals surface area contributed by atoms with E-state index < -0.39 is 0 Å². The topological polar surface area (TPSA) is 36.9 Å². The number of hydrogen-bond acceptors (Lipinski definition) is 4. The number of methoxy groups -OCH3 is 4. The van der Waals surface area contributed by atoms with Gasteiger partial charge in [0.15, 0.2) is 23.0 Å². The van der Waals surface area contributed by atoms with Crippen molar-refractivity contribution in [1.29, 1.82) is 0 Å². The Morgan fingerprint density at radius 1 is 0.739 bits per heavy atom. The van der Waals surface area contributed by atoms with Crippen molar-refractivity contribution in [1.82, 2.24) is 0 Å². The highest BCUT2D eigenvalue weighted by molar-refractivity contribution is 9.13. The first-order chi connectivity index (χ1) is 11.1. The number of benzene rings is 2. The molecule has 0 fully saturated rings. The predicted molar refractivity (Wildman–Crippen MR) is 97.3 cm³/mol. The molecule has 0 aliphatic rings. The Morgan fingerprint density at radius 3 is 1.96 bits per heavy atom. The molecule has 0 unspecified atom stereocenters. The summed E-state index contributed by atoms with van der Waals surface area (Å²) in [6.45, 7) is 0. The third kappa shape index (κ3) is 3.58. The molecule has 4 nitrogen and oxygen atoms in total. The van der Waals surface area contributed by atoms with Crippen LogP contribution in [0.3, 0.4) is 0 Å². The van der Waals surface area contributed by atoms with E-state index in [0.29, 0.717) is 23.7 Å². The fourth-order valence-electron chi connectivity index (χ4n) is 2.40. The molecule has 124 valence electrons. The summed E-state index contributed by atoms with van der Waals surface area (Å²) in [6.07, 6.45) is 0.653. The molecule has 6 heteroatoms. The second-order valence-electron chi connectivity index (χ2n) is 4.73. The van der Waals surface area contributed by atoms with Gasteiger partial charge in [-0.2, -0.15) is 0 Å². The van der Waals surface area contributed by atoms with Gasteiger partial charge in [-0.1, -0.05) is 12.1 Å². The molecular weight excluding hydrogens is 428 g/mol. The minimum Gasteiger partial charge on any atom is -0.493 e. The molecule has 0 aromatic heterocycles. The average Bonchev–Trinajstić information content (AvgIpc) is 2.58. The summed E-state index contributed by atoms with van der Waals surface area (Å²) in [4.78, 5) is 0. The summed E-state index contributed by atoms with van der Waals surface area (Å²) in [7, 11) is 6.50. The van der Waals surface area contributed by atoms with Crippen LogP contribution in [0.4, 0.5) is 0 Å². The fraction of sp³-hybridized carbons (Fsp3) is 0.294. The molecule has 2 aromatic carbocycles. The van der Waals surface area contributed by atoms with Crippen LogP contribution in [-0.2, 0) is 6.42 Å². The van der Waals surface area contributed by atoms with Crippen molar-refractivity contribution >= 4 is 31.9 Å². The second-order valence-corrected chi connectivity index (χ2v) is 6.31. The lowest BCUT2D eigenvalue weighted by atomic mass is 10.0. The summed E-state index contributed by atoms with van der Waals surface area (Å²) in [5.74, 6) is 2.76. The molecule has 0 saturated heterocycles. The van der Waals surface area contributed by atoms with Gasteiger partial charge in [0.05, 0.1) is 32.9 Å². The van der Waals surface area contributed by atoms with Crippen LogP contribution in [-0.4, -0.2) is 28.4 Å². The zero-order valence-electron chi connectivity index (χ0n) is 13.4. The molecule has 0 atom stereocenters. The zero-order valence-corrected chi connectivity index (χ0v) is 16.6. The average molecular weight is 446 g/mol. The Kier molecular flexibility index (Phi) is 6.18. The molecule has 0 amide bonds. The van der Waals surface area contributed by atoms with Crippen LogP contribution in [0.5, 0.6) is 23.0 Å². The van der Waals surface area contributed by atoms with Gasteiger partial charge in [-0.05, 0) is 49.6 Å². The molecule has 0 bridgehead atoms. The standard InChI is InChI=1S/C17H18Br2O4/c1-20-12-7-5-6-10(16(12)22-3)8-11-9-13(21-2)17(23-4)15(19)14(11)18/h5-7,9H,8H2,1-4H3. The van der Waals surface area contributed by atoms with Crippen molar-refractivity contribution in [2.75, 3.05) is 28.4 Å². The van der Waals surface area contributed by atoms with E-state index in [9.17, 15) is 0 Å². The monoisotopic (exact) mass is 444 g/mol. The highest BCUT2D eigenvalue weighted by Gasteiger charge is 2.18. The van der Waals surface area contributed by atoms with Crippen molar-refractivity contribution in [3.8, 4) is 23.0 Å². The Bertz CT molecular complexity index is 701. The molecular formula is C17H18Br2O4. The van der Waals surface area contributed by atoms with Crippen LogP contribution in [0.15, 0.2) is 33.2 Å². The Hall–Kier alpha value is -1.40. The summed E-state index contributed by atoms with van der Waals surface area (Å²) in [5.41, 5.74) is 2.06. The number of rotatable bonds is 6. The van der Waals surface area contributed by atoms with Crippen LogP contribution in [0, 0.1) is 0 Å². The van der Waals surface area contributed by atoms with Gasteiger partial charge in [-0.15, -0.1) is 0 Å². The summed E-state index contributed by atoms with van der Waals surface area (Å²) in [5, 5.41) is 0. The lowest BCUT2D eigenvalue weighted by molar-refractivity contribution is 0.351. The third-order valence-electron chi connectivity index (χ3n) is 3.49. The quantitative estimate of drug-likeness (QED) is 0.637. The first-order valence-electron chi connectivity index (χ1n) is 6.86. The third-order valence-corrected chi connectivity index (χ3v) is 5.69. The van der Waals surface area contributed by atoms with E-state index >= 15 is 0 Å². The molecule has 0 heterocycles. The molecule has 0 spiro atoms. The number of ether oxygens (including phenoxy) is 4. The van der Waals surface area contributed by atoms with Crippen LogP contribution < -0.4 is 18.9 Å². The minimum atomic E-state index is 0.653. The molecule has 0 radical (unpaired) electrons. The Labute approximate surface area is 153 Å². The van der Waals surface area contributed by atoms with Gasteiger partial charge in [0.2, 0.25) is 0 Å². The Morgan fingerprint density at radius 2 is 1.39 bits per heavy atom. The van der Waals surface area contributed by atoms with Crippen molar-refractivity contribution in [2.24, 2.45) is 0 Å². The first-order valence-corrected chi connectivity index (χ1v) is 8.44. The number of para-hydroxylation sites is 1. The molecule has 0 aliphatic heterocycles. The Balaban J connectivity index is 2.51. The van der Waals surface area contributed by atoms with Gasteiger partial charge < -0.3 is 18.9 Å². The zero-order chi connectivity index (χ0) is 17.0. The fourth-order valence-corrected chi connectivity index (χ4v) is 3.45. The van der Waals surface area contributed by atoms with E-state index in [1.165, 1.54) is 0 Å². The van der Waals surface area contributed by atoms with Crippen molar-refractivity contribution in [3.63, 3.8) is 0 Å². The molecule has 0 saturated carbocycles. The van der Waals surface area contributed by atoms with Crippen molar-refractivity contribution in [2.45, 2.75) is 6.42 Å². The lowest BCUT2D eigenvalue weighted by Crippen LogP contribution is -2.00. The van der Waals surface area contributed by atoms with Gasteiger partial charge in [0.25, 0.3) is 0 Å². The van der Waals surface area contributed by atoms with Gasteiger partial charge in [-0.3, -0.25) is 0 Å². The number of hydrogen-bond donors (Lipinski definition) is 0. The first kappa shape index (κ1) is 17.9. The molecule has 0 aliphatic carbocycles. The van der Waals surface area contributed by atoms with Gasteiger partial charge in [0, 0.05) is 16.5 Å². The van der Waals surface area contributed by atoms with E-state index in [-0.39, 0.29) is 0 Å². The van der Waals surface area contributed by atoms with Gasteiger partial charge in [0.1, 0.15) is 0 Å².